The van der Waals surface area contributed by atoms with Crippen molar-refractivity contribution in [1.82, 2.24) is 9.78 Å². The van der Waals surface area contributed by atoms with Gasteiger partial charge in [-0.1, -0.05) is 12.1 Å². The van der Waals surface area contributed by atoms with E-state index in [2.05, 4.69) is 10.4 Å². The lowest BCUT2D eigenvalue weighted by molar-refractivity contribution is -0.384. The largest absolute Gasteiger partial charge is 0.453 e. The molecule has 0 atom stereocenters. The van der Waals surface area contributed by atoms with Gasteiger partial charge in [0.1, 0.15) is 17.5 Å². The first kappa shape index (κ1) is 17.9. The Morgan fingerprint density at radius 1 is 1.30 bits per heavy atom. The Bertz CT molecular complexity index is 1070. The number of hydrogen-bond donors (Lipinski definition) is 1. The summed E-state index contributed by atoms with van der Waals surface area (Å²) in [6.07, 6.45) is 0. The third-order valence-corrected chi connectivity index (χ3v) is 3.80. The average Bonchev–Trinajstić information content (AvgIpc) is 2.91. The Labute approximate surface area is 153 Å². The lowest BCUT2D eigenvalue weighted by atomic mass is 10.2. The van der Waals surface area contributed by atoms with Crippen LogP contribution in [0.5, 0.6) is 11.5 Å². The van der Waals surface area contributed by atoms with Crippen molar-refractivity contribution in [2.45, 2.75) is 6.92 Å². The minimum atomic E-state index is -0.686. The summed E-state index contributed by atoms with van der Waals surface area (Å²) < 4.78 is 21.2. The van der Waals surface area contributed by atoms with Crippen LogP contribution in [-0.4, -0.2) is 14.7 Å². The van der Waals surface area contributed by atoms with Crippen molar-refractivity contribution in [3.8, 4) is 17.6 Å². The molecule has 3 rings (SSSR count). The lowest BCUT2D eigenvalue weighted by Crippen LogP contribution is -2.02. The van der Waals surface area contributed by atoms with Crippen LogP contribution in [0.4, 0.5) is 21.6 Å². The molecule has 0 radical (unpaired) electrons. The average molecular weight is 367 g/mol. The lowest BCUT2D eigenvalue weighted by Gasteiger charge is -2.10. The predicted molar refractivity (Wildman–Crippen MR) is 95.5 cm³/mol. The Morgan fingerprint density at radius 3 is 2.70 bits per heavy atom. The van der Waals surface area contributed by atoms with Gasteiger partial charge in [-0.05, 0) is 31.2 Å². The van der Waals surface area contributed by atoms with E-state index in [1.807, 2.05) is 6.07 Å². The Balaban J connectivity index is 1.88. The van der Waals surface area contributed by atoms with E-state index >= 15 is 0 Å². The molecular formula is C18H14FN5O3. The van der Waals surface area contributed by atoms with E-state index < -0.39 is 10.7 Å². The van der Waals surface area contributed by atoms with Crippen LogP contribution in [0, 0.1) is 34.2 Å². The Kier molecular flexibility index (Phi) is 4.72. The summed E-state index contributed by atoms with van der Waals surface area (Å²) in [4.78, 5) is 10.7. The fraction of sp³-hybridized carbons (Fsp3) is 0.111. The molecule has 9 heteroatoms. The van der Waals surface area contributed by atoms with E-state index in [0.717, 1.165) is 6.07 Å². The maximum Gasteiger partial charge on any atom is 0.334 e. The standard InChI is InChI=1S/C18H14FN5O3/c1-11-17(24(25)26)18(23(2)22-11)21-13-7-8-16(14(19)9-13)27-15-6-4-3-5-12(15)10-20/h3-9,21H,1-2H3. The summed E-state index contributed by atoms with van der Waals surface area (Å²) in [7, 11) is 1.55. The predicted octanol–water partition coefficient (Wildman–Crippen LogP) is 4.18. The number of nitrogens with one attached hydrogen (secondary N) is 1. The molecule has 1 heterocycles. The molecule has 0 amide bonds. The van der Waals surface area contributed by atoms with Gasteiger partial charge >= 0.3 is 5.69 Å². The molecule has 0 aliphatic carbocycles. The second-order valence-electron chi connectivity index (χ2n) is 5.64. The highest BCUT2D eigenvalue weighted by atomic mass is 19.1. The number of rotatable bonds is 5. The van der Waals surface area contributed by atoms with Crippen LogP contribution in [0.2, 0.25) is 0 Å². The van der Waals surface area contributed by atoms with Crippen molar-refractivity contribution in [1.29, 1.82) is 5.26 Å². The molecule has 1 aromatic heterocycles. The minimum absolute atomic E-state index is 0.0704. The van der Waals surface area contributed by atoms with E-state index in [9.17, 15) is 14.5 Å². The zero-order valence-corrected chi connectivity index (χ0v) is 14.4. The van der Waals surface area contributed by atoms with E-state index in [-0.39, 0.29) is 34.3 Å². The molecule has 1 N–H and O–H groups in total. The van der Waals surface area contributed by atoms with Crippen LogP contribution in [0.15, 0.2) is 42.5 Å². The quantitative estimate of drug-likeness (QED) is 0.535. The first-order valence-electron chi connectivity index (χ1n) is 7.82. The summed E-state index contributed by atoms with van der Waals surface area (Å²) in [5.74, 6) is -0.383. The van der Waals surface area contributed by atoms with E-state index in [0.29, 0.717) is 5.69 Å². The van der Waals surface area contributed by atoms with Crippen molar-refractivity contribution < 1.29 is 14.1 Å². The summed E-state index contributed by atoms with van der Waals surface area (Å²) in [6, 6.07) is 12.5. The van der Waals surface area contributed by atoms with Crippen LogP contribution in [0.25, 0.3) is 0 Å². The number of anilines is 2. The maximum atomic E-state index is 14.4. The van der Waals surface area contributed by atoms with Gasteiger partial charge in [-0.25, -0.2) is 9.07 Å². The number of ether oxygens (including phenoxy) is 1. The SMILES string of the molecule is Cc1nn(C)c(Nc2ccc(Oc3ccccc3C#N)c(F)c2)c1[N+](=O)[O-]. The van der Waals surface area contributed by atoms with Gasteiger partial charge in [0.25, 0.3) is 0 Å². The summed E-state index contributed by atoms with van der Waals surface area (Å²) in [5, 5.41) is 27.1. The molecule has 3 aromatic rings. The first-order chi connectivity index (χ1) is 12.9. The van der Waals surface area contributed by atoms with Crippen LogP contribution >= 0.6 is 0 Å². The zero-order valence-electron chi connectivity index (χ0n) is 14.4. The van der Waals surface area contributed by atoms with Crippen LogP contribution in [-0.2, 0) is 7.05 Å². The highest BCUT2D eigenvalue weighted by molar-refractivity contribution is 5.68. The molecule has 0 unspecified atom stereocenters. The molecule has 0 spiro atoms. The number of aromatic nitrogens is 2. The highest BCUT2D eigenvalue weighted by Crippen LogP contribution is 2.33. The van der Waals surface area contributed by atoms with Crippen LogP contribution < -0.4 is 10.1 Å². The fourth-order valence-electron chi connectivity index (χ4n) is 2.57. The van der Waals surface area contributed by atoms with Crippen molar-refractivity contribution in [3.63, 3.8) is 0 Å². The molecule has 0 fully saturated rings. The van der Waals surface area contributed by atoms with E-state index in [4.69, 9.17) is 10.00 Å². The number of nitrogens with zero attached hydrogens (tertiary/aromatic N) is 4. The molecule has 0 aliphatic heterocycles. The van der Waals surface area contributed by atoms with E-state index in [1.165, 1.54) is 23.7 Å². The smallest absolute Gasteiger partial charge is 0.334 e. The number of nitro groups is 1. The molecule has 0 saturated carbocycles. The molecule has 8 nitrogen and oxygen atoms in total. The van der Waals surface area contributed by atoms with Gasteiger partial charge in [0.05, 0.1) is 10.5 Å². The third-order valence-electron chi connectivity index (χ3n) is 3.80. The molecule has 0 aliphatic rings. The zero-order chi connectivity index (χ0) is 19.6. The number of halogens is 1. The fourth-order valence-corrected chi connectivity index (χ4v) is 2.57. The monoisotopic (exact) mass is 367 g/mol. The summed E-state index contributed by atoms with van der Waals surface area (Å²) >= 11 is 0. The van der Waals surface area contributed by atoms with Crippen LogP contribution in [0.3, 0.4) is 0 Å². The maximum absolute atomic E-state index is 14.4. The second kappa shape index (κ2) is 7.13. The second-order valence-corrected chi connectivity index (χ2v) is 5.64. The number of hydrogen-bond acceptors (Lipinski definition) is 6. The Hall–Kier alpha value is -3.93. The van der Waals surface area contributed by atoms with Crippen molar-refractivity contribution in [2.24, 2.45) is 7.05 Å². The normalized spacial score (nSPS) is 10.3. The molecule has 0 bridgehead atoms. The molecule has 27 heavy (non-hydrogen) atoms. The van der Waals surface area contributed by atoms with Gasteiger partial charge in [-0.3, -0.25) is 10.1 Å². The van der Waals surface area contributed by atoms with Crippen molar-refractivity contribution >= 4 is 17.2 Å². The number of benzene rings is 2. The minimum Gasteiger partial charge on any atom is -0.453 e. The highest BCUT2D eigenvalue weighted by Gasteiger charge is 2.24. The van der Waals surface area contributed by atoms with Crippen molar-refractivity contribution in [3.05, 3.63) is 69.7 Å². The Morgan fingerprint density at radius 2 is 2.04 bits per heavy atom. The van der Waals surface area contributed by atoms with Gasteiger partial charge in [0.2, 0.25) is 5.82 Å². The van der Waals surface area contributed by atoms with Crippen LogP contribution in [0.1, 0.15) is 11.3 Å². The summed E-state index contributed by atoms with van der Waals surface area (Å²) in [5.41, 5.74) is 0.638. The van der Waals surface area contributed by atoms with Gasteiger partial charge in [0.15, 0.2) is 11.6 Å². The van der Waals surface area contributed by atoms with Gasteiger partial charge in [0, 0.05) is 18.8 Å². The molecule has 2 aromatic carbocycles. The molecule has 136 valence electrons. The molecular weight excluding hydrogens is 353 g/mol. The topological polar surface area (TPSA) is 106 Å². The van der Waals surface area contributed by atoms with Gasteiger partial charge in [-0.2, -0.15) is 10.4 Å². The van der Waals surface area contributed by atoms with Crippen molar-refractivity contribution in [2.75, 3.05) is 5.32 Å². The number of nitriles is 1. The third kappa shape index (κ3) is 3.55. The summed E-state index contributed by atoms with van der Waals surface area (Å²) in [6.45, 7) is 1.52. The number of aryl methyl sites for hydroxylation is 2. The van der Waals surface area contributed by atoms with Gasteiger partial charge < -0.3 is 10.1 Å². The van der Waals surface area contributed by atoms with E-state index in [1.54, 1.807) is 31.3 Å². The number of para-hydroxylation sites is 1. The van der Waals surface area contributed by atoms with Gasteiger partial charge in [-0.15, -0.1) is 0 Å². The first-order valence-corrected chi connectivity index (χ1v) is 7.82. The molecule has 0 saturated heterocycles.